The molecule has 0 heterocycles. The Kier molecular flexibility index (Phi) is 7.00. The molecule has 29 heavy (non-hydrogen) atoms. The molecule has 0 bridgehead atoms. The van der Waals surface area contributed by atoms with Gasteiger partial charge >= 0.3 is 5.97 Å². The number of ether oxygens (including phenoxy) is 2. The van der Waals surface area contributed by atoms with E-state index in [0.29, 0.717) is 17.7 Å². The standard InChI is InChI=1S/C23H25NO5/c1-2-21(25)17-10-12-18(13-11-17)28-15-23(27)29-14-22(26)24-20-9-5-7-16-6-3-4-8-19(16)20/h3-4,6,8,10-13,20H,2,5,7,9,14-15H2,1H3,(H,24,26)/t20-/m1/s1. The molecule has 6 nitrogen and oxygen atoms in total. The molecule has 0 spiro atoms. The molecule has 0 saturated heterocycles. The Morgan fingerprint density at radius 3 is 2.55 bits per heavy atom. The molecule has 2 aromatic carbocycles. The number of amides is 1. The van der Waals surface area contributed by atoms with Gasteiger partial charge in [-0.25, -0.2) is 4.79 Å². The molecule has 1 aliphatic carbocycles. The second-order valence-electron chi connectivity index (χ2n) is 6.96. The molecule has 0 unspecified atom stereocenters. The zero-order valence-corrected chi connectivity index (χ0v) is 16.5. The lowest BCUT2D eigenvalue weighted by atomic mass is 9.88. The average Bonchev–Trinajstić information content (AvgIpc) is 2.76. The molecule has 3 rings (SSSR count). The Hall–Kier alpha value is -3.15. The van der Waals surface area contributed by atoms with Crippen molar-refractivity contribution in [1.82, 2.24) is 5.32 Å². The van der Waals surface area contributed by atoms with Crippen LogP contribution in [0.25, 0.3) is 0 Å². The van der Waals surface area contributed by atoms with Crippen molar-refractivity contribution in [3.05, 3.63) is 65.2 Å². The van der Waals surface area contributed by atoms with Crippen LogP contribution in [0.4, 0.5) is 0 Å². The summed E-state index contributed by atoms with van der Waals surface area (Å²) in [5.41, 5.74) is 2.98. The van der Waals surface area contributed by atoms with Crippen LogP contribution < -0.4 is 10.1 Å². The van der Waals surface area contributed by atoms with Gasteiger partial charge in [-0.1, -0.05) is 31.2 Å². The number of Topliss-reactive ketones (excluding diaryl/α,β-unsaturated/α-hetero) is 1. The fraction of sp³-hybridized carbons (Fsp3) is 0.348. The first-order valence-electron chi connectivity index (χ1n) is 9.85. The summed E-state index contributed by atoms with van der Waals surface area (Å²) in [6, 6.07) is 14.6. The third-order valence-electron chi connectivity index (χ3n) is 4.92. The Bertz CT molecular complexity index is 875. The lowest BCUT2D eigenvalue weighted by molar-refractivity contribution is -0.150. The summed E-state index contributed by atoms with van der Waals surface area (Å²) >= 11 is 0. The maximum atomic E-state index is 12.2. The van der Waals surface area contributed by atoms with Gasteiger partial charge in [0, 0.05) is 12.0 Å². The van der Waals surface area contributed by atoms with Crippen LogP contribution in [0.3, 0.4) is 0 Å². The molecular weight excluding hydrogens is 370 g/mol. The monoisotopic (exact) mass is 395 g/mol. The van der Waals surface area contributed by atoms with E-state index in [0.717, 1.165) is 24.8 Å². The number of ketones is 1. The van der Waals surface area contributed by atoms with Crippen molar-refractivity contribution in [2.24, 2.45) is 0 Å². The number of carbonyl (C=O) groups excluding carboxylic acids is 3. The molecule has 0 aromatic heterocycles. The van der Waals surface area contributed by atoms with Gasteiger partial charge in [0.05, 0.1) is 6.04 Å². The number of carbonyl (C=O) groups is 3. The summed E-state index contributed by atoms with van der Waals surface area (Å²) in [6.45, 7) is 1.15. The minimum Gasteiger partial charge on any atom is -0.482 e. The van der Waals surface area contributed by atoms with Crippen molar-refractivity contribution in [2.75, 3.05) is 13.2 Å². The van der Waals surface area contributed by atoms with E-state index in [-0.39, 0.29) is 30.9 Å². The van der Waals surface area contributed by atoms with Gasteiger partial charge in [-0.2, -0.15) is 0 Å². The van der Waals surface area contributed by atoms with Gasteiger partial charge in [0.1, 0.15) is 5.75 Å². The van der Waals surface area contributed by atoms with Crippen LogP contribution in [0.2, 0.25) is 0 Å². The topological polar surface area (TPSA) is 81.7 Å². The van der Waals surface area contributed by atoms with Crippen molar-refractivity contribution in [3.63, 3.8) is 0 Å². The van der Waals surface area contributed by atoms with Crippen molar-refractivity contribution < 1.29 is 23.9 Å². The van der Waals surface area contributed by atoms with Gasteiger partial charge in [0.15, 0.2) is 19.0 Å². The normalized spacial score (nSPS) is 15.1. The van der Waals surface area contributed by atoms with E-state index in [9.17, 15) is 14.4 Å². The van der Waals surface area contributed by atoms with Gasteiger partial charge in [-0.3, -0.25) is 9.59 Å². The lowest BCUT2D eigenvalue weighted by Crippen LogP contribution is -2.34. The van der Waals surface area contributed by atoms with E-state index in [4.69, 9.17) is 9.47 Å². The first kappa shape index (κ1) is 20.6. The number of aryl methyl sites for hydroxylation is 1. The van der Waals surface area contributed by atoms with Crippen molar-refractivity contribution >= 4 is 17.7 Å². The fourth-order valence-electron chi connectivity index (χ4n) is 3.41. The Morgan fingerprint density at radius 2 is 1.79 bits per heavy atom. The molecule has 1 aliphatic rings. The molecule has 1 N–H and O–H groups in total. The minimum atomic E-state index is -0.627. The number of rotatable bonds is 8. The van der Waals surface area contributed by atoms with Crippen LogP contribution in [0.15, 0.2) is 48.5 Å². The number of hydrogen-bond acceptors (Lipinski definition) is 5. The fourth-order valence-corrected chi connectivity index (χ4v) is 3.41. The van der Waals surface area contributed by atoms with Crippen LogP contribution in [0.1, 0.15) is 53.7 Å². The molecule has 0 fully saturated rings. The van der Waals surface area contributed by atoms with E-state index in [2.05, 4.69) is 11.4 Å². The predicted octanol–water partition coefficient (Wildman–Crippen LogP) is 3.40. The van der Waals surface area contributed by atoms with E-state index in [1.807, 2.05) is 18.2 Å². The number of nitrogens with one attached hydrogen (secondary N) is 1. The highest BCUT2D eigenvalue weighted by Crippen LogP contribution is 2.29. The SMILES string of the molecule is CCC(=O)c1ccc(OCC(=O)OCC(=O)N[C@@H]2CCCc3ccccc32)cc1. The highest BCUT2D eigenvalue weighted by Gasteiger charge is 2.21. The summed E-state index contributed by atoms with van der Waals surface area (Å²) in [4.78, 5) is 35.6. The van der Waals surface area contributed by atoms with Gasteiger partial charge in [-0.15, -0.1) is 0 Å². The first-order chi connectivity index (χ1) is 14.1. The van der Waals surface area contributed by atoms with Crippen LogP contribution in [-0.2, 0) is 20.7 Å². The van der Waals surface area contributed by atoms with E-state index >= 15 is 0 Å². The number of esters is 1. The van der Waals surface area contributed by atoms with Crippen LogP contribution in [0.5, 0.6) is 5.75 Å². The number of hydrogen-bond donors (Lipinski definition) is 1. The zero-order valence-electron chi connectivity index (χ0n) is 16.5. The smallest absolute Gasteiger partial charge is 0.344 e. The third kappa shape index (κ3) is 5.67. The Morgan fingerprint density at radius 1 is 1.03 bits per heavy atom. The van der Waals surface area contributed by atoms with Crippen LogP contribution >= 0.6 is 0 Å². The van der Waals surface area contributed by atoms with Crippen molar-refractivity contribution in [1.29, 1.82) is 0 Å². The molecular formula is C23H25NO5. The summed E-state index contributed by atoms with van der Waals surface area (Å²) in [6.07, 6.45) is 3.33. The zero-order chi connectivity index (χ0) is 20.6. The first-order valence-corrected chi connectivity index (χ1v) is 9.85. The minimum absolute atomic E-state index is 0.0440. The summed E-state index contributed by atoms with van der Waals surface area (Å²) in [7, 11) is 0. The Balaban J connectivity index is 1.41. The molecule has 152 valence electrons. The van der Waals surface area contributed by atoms with Crippen molar-refractivity contribution in [2.45, 2.75) is 38.6 Å². The molecule has 0 saturated carbocycles. The highest BCUT2D eigenvalue weighted by molar-refractivity contribution is 5.95. The van der Waals surface area contributed by atoms with Gasteiger partial charge < -0.3 is 14.8 Å². The summed E-state index contributed by atoms with van der Waals surface area (Å²) < 4.78 is 10.4. The molecule has 1 amide bonds. The third-order valence-corrected chi connectivity index (χ3v) is 4.92. The Labute approximate surface area is 170 Å². The average molecular weight is 395 g/mol. The van der Waals surface area contributed by atoms with Crippen LogP contribution in [0, 0.1) is 0 Å². The second-order valence-corrected chi connectivity index (χ2v) is 6.96. The largest absolute Gasteiger partial charge is 0.482 e. The van der Waals surface area contributed by atoms with E-state index < -0.39 is 5.97 Å². The molecule has 1 atom stereocenters. The van der Waals surface area contributed by atoms with E-state index in [1.165, 1.54) is 5.56 Å². The summed E-state index contributed by atoms with van der Waals surface area (Å²) in [5.74, 6) is -0.458. The number of benzene rings is 2. The maximum Gasteiger partial charge on any atom is 0.344 e. The maximum absolute atomic E-state index is 12.2. The number of fused-ring (bicyclic) bond motifs is 1. The molecule has 6 heteroatoms. The quantitative estimate of drug-likeness (QED) is 0.547. The molecule has 0 radical (unpaired) electrons. The highest BCUT2D eigenvalue weighted by atomic mass is 16.6. The van der Waals surface area contributed by atoms with E-state index in [1.54, 1.807) is 31.2 Å². The predicted molar refractivity (Wildman–Crippen MR) is 108 cm³/mol. The second kappa shape index (κ2) is 9.87. The summed E-state index contributed by atoms with van der Waals surface area (Å²) in [5, 5.41) is 2.94. The molecule has 0 aliphatic heterocycles. The molecule has 2 aromatic rings. The van der Waals surface area contributed by atoms with Gasteiger partial charge in [0.25, 0.3) is 5.91 Å². The van der Waals surface area contributed by atoms with Gasteiger partial charge in [-0.05, 0) is 54.7 Å². The van der Waals surface area contributed by atoms with Crippen molar-refractivity contribution in [3.8, 4) is 5.75 Å². The lowest BCUT2D eigenvalue weighted by Gasteiger charge is -2.26. The van der Waals surface area contributed by atoms with Crippen LogP contribution in [-0.4, -0.2) is 30.9 Å². The van der Waals surface area contributed by atoms with Gasteiger partial charge in [0.2, 0.25) is 0 Å².